The summed E-state index contributed by atoms with van der Waals surface area (Å²) in [7, 11) is 0. The van der Waals surface area contributed by atoms with Crippen LogP contribution in [-0.4, -0.2) is 44.4 Å². The van der Waals surface area contributed by atoms with Crippen LogP contribution in [0.25, 0.3) is 0 Å². The van der Waals surface area contributed by atoms with Crippen LogP contribution in [0.3, 0.4) is 0 Å². The number of nitrogens with zero attached hydrogens (tertiary/aromatic N) is 4. The molecule has 9 heteroatoms. The lowest BCUT2D eigenvalue weighted by atomic mass is 9.49. The number of fused-ring (bicyclic) bond motifs is 1. The average molecular weight is 485 g/mol. The van der Waals surface area contributed by atoms with Crippen molar-refractivity contribution in [1.29, 1.82) is 0 Å². The molecular formula is C26H34F2N6O. The fourth-order valence-electron chi connectivity index (χ4n) is 6.75. The van der Waals surface area contributed by atoms with E-state index in [0.717, 1.165) is 54.3 Å². The van der Waals surface area contributed by atoms with Crippen molar-refractivity contribution in [2.24, 2.45) is 5.41 Å². The Labute approximate surface area is 204 Å². The first-order valence-electron chi connectivity index (χ1n) is 13.3. The van der Waals surface area contributed by atoms with E-state index in [2.05, 4.69) is 40.5 Å². The quantitative estimate of drug-likeness (QED) is 0.593. The van der Waals surface area contributed by atoms with Gasteiger partial charge in [0.2, 0.25) is 5.92 Å². The maximum Gasteiger partial charge on any atom is 0.249 e. The Hall–Kier alpha value is -2.29. The molecule has 35 heavy (non-hydrogen) atoms. The minimum atomic E-state index is -2.48. The predicted octanol–water partition coefficient (Wildman–Crippen LogP) is 5.55. The number of ether oxygens (including phenoxy) is 1. The van der Waals surface area contributed by atoms with E-state index in [0.29, 0.717) is 12.6 Å². The van der Waals surface area contributed by atoms with Crippen molar-refractivity contribution < 1.29 is 13.5 Å². The van der Waals surface area contributed by atoms with E-state index in [-0.39, 0.29) is 48.3 Å². The maximum absolute atomic E-state index is 13.6. The van der Waals surface area contributed by atoms with Gasteiger partial charge in [-0.05, 0) is 57.8 Å². The number of rotatable bonds is 4. The summed E-state index contributed by atoms with van der Waals surface area (Å²) in [4.78, 5) is 10.2. The van der Waals surface area contributed by atoms with Crippen molar-refractivity contribution in [3.63, 3.8) is 0 Å². The second-order valence-corrected chi connectivity index (χ2v) is 11.9. The molecule has 1 saturated heterocycles. The Morgan fingerprint density at radius 3 is 2.54 bits per heavy atom. The number of aromatic nitrogens is 4. The Morgan fingerprint density at radius 1 is 1.03 bits per heavy atom. The van der Waals surface area contributed by atoms with Crippen molar-refractivity contribution in [2.75, 3.05) is 17.2 Å². The molecule has 188 valence electrons. The van der Waals surface area contributed by atoms with Crippen LogP contribution in [0.5, 0.6) is 0 Å². The molecule has 3 aliphatic carbocycles. The van der Waals surface area contributed by atoms with Gasteiger partial charge in [0.1, 0.15) is 5.82 Å². The number of hydrogen-bond acceptors (Lipinski definition) is 6. The molecule has 3 saturated carbocycles. The predicted molar refractivity (Wildman–Crippen MR) is 128 cm³/mol. The van der Waals surface area contributed by atoms with Crippen LogP contribution in [0.1, 0.15) is 106 Å². The molecule has 7 rings (SSSR count). The van der Waals surface area contributed by atoms with Gasteiger partial charge in [0.25, 0.3) is 0 Å². The molecule has 3 unspecified atom stereocenters. The molecule has 4 fully saturated rings. The van der Waals surface area contributed by atoms with Gasteiger partial charge >= 0.3 is 0 Å². The molecule has 5 aliphatic rings. The van der Waals surface area contributed by atoms with Crippen molar-refractivity contribution in [2.45, 2.75) is 107 Å². The largest absolute Gasteiger partial charge is 0.376 e. The second-order valence-electron chi connectivity index (χ2n) is 11.9. The van der Waals surface area contributed by atoms with E-state index in [1.165, 1.54) is 12.8 Å². The Morgan fingerprint density at radius 2 is 1.80 bits per heavy atom. The summed E-state index contributed by atoms with van der Waals surface area (Å²) in [6, 6.07) is 1.04. The van der Waals surface area contributed by atoms with E-state index in [4.69, 9.17) is 14.7 Å². The molecule has 2 aromatic rings. The fraction of sp³-hybridized carbons (Fsp3) is 0.731. The highest BCUT2D eigenvalue weighted by molar-refractivity contribution is 5.71. The zero-order chi connectivity index (χ0) is 23.9. The van der Waals surface area contributed by atoms with Gasteiger partial charge in [-0.3, -0.25) is 4.68 Å². The molecule has 4 heterocycles. The van der Waals surface area contributed by atoms with Crippen molar-refractivity contribution in [3.05, 3.63) is 29.5 Å². The molecule has 4 atom stereocenters. The first-order valence-corrected chi connectivity index (χ1v) is 13.3. The maximum atomic E-state index is 13.6. The van der Waals surface area contributed by atoms with Gasteiger partial charge in [-0.1, -0.05) is 0 Å². The van der Waals surface area contributed by atoms with Crippen LogP contribution in [0.4, 0.5) is 20.3 Å². The van der Waals surface area contributed by atoms with Crippen molar-refractivity contribution in [3.8, 4) is 0 Å². The van der Waals surface area contributed by atoms with Gasteiger partial charge in [0.05, 0.1) is 29.7 Å². The van der Waals surface area contributed by atoms with E-state index < -0.39 is 5.92 Å². The van der Waals surface area contributed by atoms with E-state index in [1.54, 1.807) is 0 Å². The van der Waals surface area contributed by atoms with Gasteiger partial charge in [0, 0.05) is 55.1 Å². The minimum Gasteiger partial charge on any atom is -0.376 e. The molecule has 1 spiro atoms. The van der Waals surface area contributed by atoms with Gasteiger partial charge < -0.3 is 15.4 Å². The van der Waals surface area contributed by atoms with Crippen LogP contribution in [0, 0.1) is 5.41 Å². The summed E-state index contributed by atoms with van der Waals surface area (Å²) in [6.07, 6.45) is 9.87. The normalized spacial score (nSPS) is 33.3. The van der Waals surface area contributed by atoms with Gasteiger partial charge in [-0.25, -0.2) is 18.7 Å². The smallest absolute Gasteiger partial charge is 0.249 e. The monoisotopic (exact) mass is 484 g/mol. The highest BCUT2D eigenvalue weighted by Gasteiger charge is 2.62. The van der Waals surface area contributed by atoms with Crippen LogP contribution < -0.4 is 10.6 Å². The lowest BCUT2D eigenvalue weighted by molar-refractivity contribution is -0.196. The zero-order valence-electron chi connectivity index (χ0n) is 20.4. The molecule has 7 nitrogen and oxygen atoms in total. The highest BCUT2D eigenvalue weighted by atomic mass is 19.3. The summed E-state index contributed by atoms with van der Waals surface area (Å²) in [5.74, 6) is -0.350. The SMILES string of the molecule is CC1Nc2nc(C3CCO[C@@H](c4cnn(C5CC5)c4)C3)nc(C3CC4(C3)CC(F)(F)C4)c2NC1C. The molecule has 0 aromatic carbocycles. The van der Waals surface area contributed by atoms with E-state index in [1.807, 2.05) is 6.20 Å². The molecule has 2 aliphatic heterocycles. The fourth-order valence-corrected chi connectivity index (χ4v) is 6.75. The highest BCUT2D eigenvalue weighted by Crippen LogP contribution is 2.67. The van der Waals surface area contributed by atoms with Crippen LogP contribution in [0.2, 0.25) is 0 Å². The lowest BCUT2D eigenvalue weighted by Gasteiger charge is -2.57. The average Bonchev–Trinajstić information content (AvgIpc) is 3.52. The zero-order valence-corrected chi connectivity index (χ0v) is 20.4. The van der Waals surface area contributed by atoms with E-state index in [9.17, 15) is 8.78 Å². The molecule has 0 amide bonds. The summed E-state index contributed by atoms with van der Waals surface area (Å²) < 4.78 is 35.5. The first-order chi connectivity index (χ1) is 16.8. The number of nitrogens with one attached hydrogen (secondary N) is 2. The van der Waals surface area contributed by atoms with Crippen molar-refractivity contribution >= 4 is 11.5 Å². The molecule has 0 radical (unpaired) electrons. The molecule has 0 bridgehead atoms. The van der Waals surface area contributed by atoms with Gasteiger partial charge in [-0.2, -0.15) is 5.10 Å². The van der Waals surface area contributed by atoms with Crippen molar-refractivity contribution in [1.82, 2.24) is 19.7 Å². The second kappa shape index (κ2) is 7.60. The lowest BCUT2D eigenvalue weighted by Crippen LogP contribution is -2.53. The third-order valence-electron chi connectivity index (χ3n) is 9.02. The summed E-state index contributed by atoms with van der Waals surface area (Å²) in [6.45, 7) is 4.97. The number of anilines is 2. The number of alkyl halides is 2. The van der Waals surface area contributed by atoms with E-state index >= 15 is 0 Å². The summed E-state index contributed by atoms with van der Waals surface area (Å²) in [5.41, 5.74) is 2.94. The van der Waals surface area contributed by atoms with Gasteiger partial charge in [0.15, 0.2) is 5.82 Å². The van der Waals surface area contributed by atoms with Gasteiger partial charge in [-0.15, -0.1) is 0 Å². The number of hydrogen-bond donors (Lipinski definition) is 2. The van der Waals surface area contributed by atoms with Crippen LogP contribution >= 0.6 is 0 Å². The third kappa shape index (κ3) is 3.81. The topological polar surface area (TPSA) is 76.9 Å². The third-order valence-corrected chi connectivity index (χ3v) is 9.02. The number of halogens is 2. The summed E-state index contributed by atoms with van der Waals surface area (Å²) in [5, 5.41) is 11.8. The molecular weight excluding hydrogens is 450 g/mol. The van der Waals surface area contributed by atoms with Crippen LogP contribution in [0.15, 0.2) is 12.4 Å². The van der Waals surface area contributed by atoms with Crippen LogP contribution in [-0.2, 0) is 4.74 Å². The Balaban J connectivity index is 1.16. The molecule has 2 N–H and O–H groups in total. The minimum absolute atomic E-state index is 0.00135. The Bertz CT molecular complexity index is 1130. The molecule has 2 aromatic heterocycles. The first kappa shape index (κ1) is 21.9. The Kier molecular flexibility index (Phi) is 4.77. The summed E-state index contributed by atoms with van der Waals surface area (Å²) >= 11 is 0. The standard InChI is InChI=1S/C26H34F2N6O/c1-14-15(2)31-24-22(30-14)21(17-8-25(9-17)12-26(27,28)13-25)32-23(33-24)16-5-6-35-20(7-16)18-10-29-34(11-18)19-3-4-19/h10-11,14-17,19-20,30H,3-9,12-13H2,1-2H3,(H,31,32,33)/t14?,15?,16?,20-/m1/s1.